The molecular weight excluding hydrogens is 402 g/mol. The fourth-order valence-electron chi connectivity index (χ4n) is 4.65. The summed E-state index contributed by atoms with van der Waals surface area (Å²) >= 11 is 0. The van der Waals surface area contributed by atoms with E-state index in [0.717, 1.165) is 24.4 Å². The van der Waals surface area contributed by atoms with Crippen LogP contribution in [0.5, 0.6) is 5.75 Å². The quantitative estimate of drug-likeness (QED) is 0.504. The number of anilines is 1. The second-order valence-corrected chi connectivity index (χ2v) is 9.50. The summed E-state index contributed by atoms with van der Waals surface area (Å²) in [4.78, 5) is 23.2. The molecule has 1 aromatic carbocycles. The lowest BCUT2D eigenvalue weighted by Crippen LogP contribution is -2.37. The molecule has 6 heteroatoms. The number of hydrogen-bond donors (Lipinski definition) is 0. The van der Waals surface area contributed by atoms with Crippen LogP contribution in [0.15, 0.2) is 36.5 Å². The average Bonchev–Trinajstić information content (AvgIpc) is 2.99. The first-order valence-electron chi connectivity index (χ1n) is 12.1. The first-order valence-corrected chi connectivity index (χ1v) is 12.1. The van der Waals surface area contributed by atoms with Crippen molar-refractivity contribution in [3.8, 4) is 5.75 Å². The Balaban J connectivity index is 1.44. The summed E-state index contributed by atoms with van der Waals surface area (Å²) in [5, 5.41) is 0. The molecule has 1 aromatic heterocycles. The minimum Gasteiger partial charge on any atom is -0.490 e. The van der Waals surface area contributed by atoms with Gasteiger partial charge < -0.3 is 9.47 Å². The van der Waals surface area contributed by atoms with Crippen LogP contribution in [0.4, 0.5) is 10.6 Å². The Morgan fingerprint density at radius 3 is 2.66 bits per heavy atom. The van der Waals surface area contributed by atoms with Gasteiger partial charge in [-0.2, -0.15) is 0 Å². The van der Waals surface area contributed by atoms with Crippen molar-refractivity contribution in [2.45, 2.75) is 83.8 Å². The third-order valence-corrected chi connectivity index (χ3v) is 6.63. The molecule has 2 fully saturated rings. The zero-order chi connectivity index (χ0) is 22.5. The monoisotopic (exact) mass is 437 g/mol. The van der Waals surface area contributed by atoms with Crippen molar-refractivity contribution in [2.24, 2.45) is 5.92 Å². The first-order chi connectivity index (χ1) is 15.5. The summed E-state index contributed by atoms with van der Waals surface area (Å²) in [6.07, 6.45) is 9.89. The summed E-state index contributed by atoms with van der Waals surface area (Å²) in [7, 11) is 0. The van der Waals surface area contributed by atoms with Crippen molar-refractivity contribution in [1.82, 2.24) is 9.97 Å². The van der Waals surface area contributed by atoms with Crippen LogP contribution in [0.3, 0.4) is 0 Å². The molecule has 2 aromatic rings. The lowest BCUT2D eigenvalue weighted by molar-refractivity contribution is 0.177. The maximum Gasteiger partial charge on any atom is 0.415 e. The van der Waals surface area contributed by atoms with Crippen LogP contribution in [0.2, 0.25) is 0 Å². The number of cyclic esters (lactones) is 1. The Morgan fingerprint density at radius 1 is 1.12 bits per heavy atom. The van der Waals surface area contributed by atoms with Gasteiger partial charge in [-0.1, -0.05) is 45.7 Å². The van der Waals surface area contributed by atoms with Crippen LogP contribution >= 0.6 is 0 Å². The Bertz CT molecular complexity index is 909. The molecule has 1 saturated carbocycles. The molecule has 1 saturated heterocycles. The summed E-state index contributed by atoms with van der Waals surface area (Å²) in [5.41, 5.74) is 1.21. The van der Waals surface area contributed by atoms with Gasteiger partial charge in [0, 0.05) is 12.6 Å². The smallest absolute Gasteiger partial charge is 0.415 e. The van der Waals surface area contributed by atoms with Crippen LogP contribution in [0, 0.1) is 5.92 Å². The minimum absolute atomic E-state index is 0.000455. The standard InChI is InChI=1S/C26H35N3O3/c1-18(2)23-17-31-26(30)29(23)25-13-14-27-24(28-25)15-19(3)20-9-8-12-22(16-20)32-21-10-6-4-5-7-11-21/h8-9,12-14,16,18-19,21,23H,4-7,10-11,15,17H2,1-3H3/t19-,23-/m1/s1. The molecular formula is C26H35N3O3. The molecule has 2 atom stereocenters. The predicted octanol–water partition coefficient (Wildman–Crippen LogP) is 5.91. The summed E-state index contributed by atoms with van der Waals surface area (Å²) in [6, 6.07) is 10.2. The Kier molecular flexibility index (Phi) is 7.28. The highest BCUT2D eigenvalue weighted by atomic mass is 16.6. The highest BCUT2D eigenvalue weighted by Gasteiger charge is 2.37. The number of carbonyl (C=O) groups excluding carboxylic acids is 1. The number of aromatic nitrogens is 2. The summed E-state index contributed by atoms with van der Waals surface area (Å²) in [6.45, 7) is 6.77. The lowest BCUT2D eigenvalue weighted by atomic mass is 9.97. The van der Waals surface area contributed by atoms with E-state index in [1.54, 1.807) is 17.2 Å². The number of rotatable bonds is 7. The fourth-order valence-corrected chi connectivity index (χ4v) is 4.65. The summed E-state index contributed by atoms with van der Waals surface area (Å²) < 4.78 is 11.6. The molecule has 2 aliphatic rings. The van der Waals surface area contributed by atoms with Crippen molar-refractivity contribution < 1.29 is 14.3 Å². The van der Waals surface area contributed by atoms with Gasteiger partial charge in [0.25, 0.3) is 0 Å². The van der Waals surface area contributed by atoms with E-state index in [2.05, 4.69) is 50.0 Å². The maximum atomic E-state index is 12.3. The van der Waals surface area contributed by atoms with Crippen LogP contribution in [0.1, 0.15) is 76.6 Å². The molecule has 4 rings (SSSR count). The lowest BCUT2D eigenvalue weighted by Gasteiger charge is -2.23. The molecule has 0 spiro atoms. The van der Waals surface area contributed by atoms with Gasteiger partial charge in [-0.15, -0.1) is 0 Å². The Morgan fingerprint density at radius 2 is 1.91 bits per heavy atom. The number of hydrogen-bond acceptors (Lipinski definition) is 5. The van der Waals surface area contributed by atoms with E-state index in [1.807, 2.05) is 0 Å². The first kappa shape index (κ1) is 22.6. The van der Waals surface area contributed by atoms with Gasteiger partial charge >= 0.3 is 6.09 Å². The van der Waals surface area contributed by atoms with Gasteiger partial charge in [0.05, 0.1) is 12.1 Å². The molecule has 2 heterocycles. The van der Waals surface area contributed by atoms with Crippen molar-refractivity contribution in [1.29, 1.82) is 0 Å². The second-order valence-electron chi connectivity index (χ2n) is 9.50. The van der Waals surface area contributed by atoms with E-state index in [4.69, 9.17) is 14.5 Å². The zero-order valence-corrected chi connectivity index (χ0v) is 19.5. The summed E-state index contributed by atoms with van der Waals surface area (Å²) in [5.74, 6) is 2.82. The molecule has 6 nitrogen and oxygen atoms in total. The number of amides is 1. The highest BCUT2D eigenvalue weighted by molar-refractivity contribution is 5.89. The predicted molar refractivity (Wildman–Crippen MR) is 125 cm³/mol. The van der Waals surface area contributed by atoms with Crippen molar-refractivity contribution >= 4 is 11.9 Å². The molecule has 0 N–H and O–H groups in total. The van der Waals surface area contributed by atoms with Crippen LogP contribution in [-0.4, -0.2) is 34.8 Å². The third kappa shape index (κ3) is 5.40. The molecule has 1 amide bonds. The maximum absolute atomic E-state index is 12.3. The Labute approximate surface area is 191 Å². The third-order valence-electron chi connectivity index (χ3n) is 6.63. The van der Waals surface area contributed by atoms with Crippen molar-refractivity contribution in [3.63, 3.8) is 0 Å². The highest BCUT2D eigenvalue weighted by Crippen LogP contribution is 2.28. The number of ether oxygens (including phenoxy) is 2. The van der Waals surface area contributed by atoms with E-state index >= 15 is 0 Å². The molecule has 1 aliphatic carbocycles. The molecule has 1 aliphatic heterocycles. The van der Waals surface area contributed by atoms with Crippen LogP contribution < -0.4 is 9.64 Å². The molecule has 0 unspecified atom stereocenters. The van der Waals surface area contributed by atoms with E-state index < -0.39 is 0 Å². The topological polar surface area (TPSA) is 64.5 Å². The minimum atomic E-state index is -0.329. The molecule has 0 radical (unpaired) electrons. The largest absolute Gasteiger partial charge is 0.490 e. The zero-order valence-electron chi connectivity index (χ0n) is 19.5. The fraction of sp³-hybridized carbons (Fsp3) is 0.577. The average molecular weight is 438 g/mol. The van der Waals surface area contributed by atoms with Crippen LogP contribution in [0.25, 0.3) is 0 Å². The molecule has 0 bridgehead atoms. The van der Waals surface area contributed by atoms with Crippen LogP contribution in [-0.2, 0) is 11.2 Å². The number of benzene rings is 1. The Hall–Kier alpha value is -2.63. The van der Waals surface area contributed by atoms with Crippen molar-refractivity contribution in [2.75, 3.05) is 11.5 Å². The van der Waals surface area contributed by atoms with Gasteiger partial charge in [-0.3, -0.25) is 4.90 Å². The molecule has 172 valence electrons. The van der Waals surface area contributed by atoms with Crippen molar-refractivity contribution in [3.05, 3.63) is 47.9 Å². The van der Waals surface area contributed by atoms with E-state index in [9.17, 15) is 4.79 Å². The molecule has 32 heavy (non-hydrogen) atoms. The van der Waals surface area contributed by atoms with Gasteiger partial charge in [0.15, 0.2) is 0 Å². The van der Waals surface area contributed by atoms with Gasteiger partial charge in [0.2, 0.25) is 0 Å². The SMILES string of the molecule is CC(C)[C@H]1COC(=O)N1c1ccnc(C[C@@H](C)c2cccc(OC3CCCCCC3)c2)n1. The van der Waals surface area contributed by atoms with E-state index in [0.29, 0.717) is 24.9 Å². The number of carbonyl (C=O) groups is 1. The van der Waals surface area contributed by atoms with Gasteiger partial charge in [-0.25, -0.2) is 14.8 Å². The second kappa shape index (κ2) is 10.3. The van der Waals surface area contributed by atoms with Gasteiger partial charge in [0.1, 0.15) is 24.0 Å². The normalized spacial score (nSPS) is 20.8. The van der Waals surface area contributed by atoms with E-state index in [-0.39, 0.29) is 24.0 Å². The van der Waals surface area contributed by atoms with Gasteiger partial charge in [-0.05, 0) is 61.3 Å². The van der Waals surface area contributed by atoms with E-state index in [1.165, 1.54) is 31.2 Å². The number of nitrogens with zero attached hydrogens (tertiary/aromatic N) is 3.